The highest BCUT2D eigenvalue weighted by Gasteiger charge is 2.57. The first-order valence-electron chi connectivity index (χ1n) is 13.9. The minimum absolute atomic E-state index is 0.0434. The van der Waals surface area contributed by atoms with Crippen LogP contribution < -0.4 is 9.64 Å². The number of halogens is 1. The van der Waals surface area contributed by atoms with E-state index in [0.717, 1.165) is 24.8 Å². The van der Waals surface area contributed by atoms with Gasteiger partial charge in [0.1, 0.15) is 11.8 Å². The molecule has 2 aromatic carbocycles. The minimum atomic E-state index is -0.842. The molecule has 1 aliphatic heterocycles. The Morgan fingerprint density at radius 1 is 1.00 bits per heavy atom. The fourth-order valence-electron chi connectivity index (χ4n) is 7.98. The predicted molar refractivity (Wildman–Crippen MR) is 146 cm³/mol. The molecule has 4 bridgehead atoms. The van der Waals surface area contributed by atoms with E-state index in [1.165, 1.54) is 31.1 Å². The quantitative estimate of drug-likeness (QED) is 0.270. The fraction of sp³-hybridized carbons (Fsp3) is 0.484. The highest BCUT2D eigenvalue weighted by atomic mass is 35.5. The van der Waals surface area contributed by atoms with E-state index in [1.807, 2.05) is 24.3 Å². The molecule has 5 fully saturated rings. The summed E-state index contributed by atoms with van der Waals surface area (Å²) in [4.78, 5) is 55.7. The number of nitrogens with zero attached hydrogens (tertiary/aromatic N) is 2. The number of anilines is 1. The molecule has 1 atom stereocenters. The lowest BCUT2D eigenvalue weighted by Crippen LogP contribution is -2.58. The molecular weight excluding hydrogens is 516 g/mol. The lowest BCUT2D eigenvalue weighted by atomic mass is 9.49. The average Bonchev–Trinajstić information content (AvgIpc) is 3.17. The summed E-state index contributed by atoms with van der Waals surface area (Å²) in [6.45, 7) is 1.66. The number of amides is 3. The number of hydrogen-bond donors (Lipinski definition) is 0. The maximum absolute atomic E-state index is 14.5. The monoisotopic (exact) mass is 548 g/mol. The van der Waals surface area contributed by atoms with Gasteiger partial charge in [0.2, 0.25) is 11.8 Å². The van der Waals surface area contributed by atoms with Crippen molar-refractivity contribution in [3.8, 4) is 5.75 Å². The van der Waals surface area contributed by atoms with Crippen LogP contribution in [0.5, 0.6) is 5.75 Å². The molecule has 8 heteroatoms. The Kier molecular flexibility index (Phi) is 6.74. The topological polar surface area (TPSA) is 84.0 Å². The molecule has 0 N–H and O–H groups in total. The average molecular weight is 549 g/mol. The first kappa shape index (κ1) is 26.1. The van der Waals surface area contributed by atoms with Gasteiger partial charge in [0, 0.05) is 18.5 Å². The summed E-state index contributed by atoms with van der Waals surface area (Å²) in [5, 5.41) is 0.627. The summed E-state index contributed by atoms with van der Waals surface area (Å²) in [7, 11) is 0. The lowest BCUT2D eigenvalue weighted by Gasteiger charge is -2.57. The van der Waals surface area contributed by atoms with Crippen LogP contribution >= 0.6 is 11.6 Å². The third kappa shape index (κ3) is 4.97. The van der Waals surface area contributed by atoms with Gasteiger partial charge in [-0.25, -0.2) is 4.90 Å². The van der Waals surface area contributed by atoms with E-state index >= 15 is 0 Å². The summed E-state index contributed by atoms with van der Waals surface area (Å²) in [5.74, 6) is 0.966. The summed E-state index contributed by atoms with van der Waals surface area (Å²) in [6, 6.07) is 13.0. The second-order valence-corrected chi connectivity index (χ2v) is 12.4. The van der Waals surface area contributed by atoms with Gasteiger partial charge in [0.25, 0.3) is 5.91 Å². The maximum Gasteiger partial charge on any atom is 0.308 e. The molecule has 7 rings (SSSR count). The van der Waals surface area contributed by atoms with Crippen molar-refractivity contribution in [2.75, 3.05) is 11.4 Å². The van der Waals surface area contributed by atoms with Crippen LogP contribution in [-0.4, -0.2) is 41.2 Å². The molecule has 0 spiro atoms. The molecule has 0 aromatic heterocycles. The number of hydrogen-bond acceptors (Lipinski definition) is 5. The molecule has 204 valence electrons. The van der Waals surface area contributed by atoms with E-state index in [4.69, 9.17) is 16.3 Å². The standard InChI is InChI=1S/C31H33ClN2O5/c1-19(35)39-26-7-5-25(6-8-26)34-28(36)15-27(29(34)37)33(10-9-20-3-2-4-24(32)14-20)30(38)31-16-21-11-22(17-31)13-23(12-21)18-31/h2-8,14,21-23,27H,9-13,15-18H2,1H3. The van der Waals surface area contributed by atoms with E-state index in [0.29, 0.717) is 47.2 Å². The number of imide groups is 1. The molecule has 4 saturated carbocycles. The van der Waals surface area contributed by atoms with Crippen LogP contribution in [0.4, 0.5) is 5.69 Å². The van der Waals surface area contributed by atoms with E-state index in [2.05, 4.69) is 0 Å². The smallest absolute Gasteiger partial charge is 0.308 e. The normalized spacial score (nSPS) is 29.1. The van der Waals surface area contributed by atoms with Crippen molar-refractivity contribution in [2.45, 2.75) is 64.3 Å². The lowest BCUT2D eigenvalue weighted by molar-refractivity contribution is -0.161. The number of rotatable bonds is 7. The molecule has 1 saturated heterocycles. The largest absolute Gasteiger partial charge is 0.427 e. The summed E-state index contributed by atoms with van der Waals surface area (Å²) >= 11 is 6.22. The number of benzene rings is 2. The van der Waals surface area contributed by atoms with Crippen LogP contribution in [0.15, 0.2) is 48.5 Å². The Hall–Kier alpha value is -3.19. The second kappa shape index (κ2) is 10.1. The van der Waals surface area contributed by atoms with Gasteiger partial charge in [0.05, 0.1) is 17.5 Å². The Bertz CT molecular complexity index is 1290. The van der Waals surface area contributed by atoms with Gasteiger partial charge in [-0.05, 0) is 105 Å². The first-order chi connectivity index (χ1) is 18.7. The Labute approximate surface area is 233 Å². The molecule has 1 unspecified atom stereocenters. The third-order valence-electron chi connectivity index (χ3n) is 9.14. The molecule has 5 aliphatic rings. The first-order valence-corrected chi connectivity index (χ1v) is 14.3. The van der Waals surface area contributed by atoms with Crippen molar-refractivity contribution < 1.29 is 23.9 Å². The minimum Gasteiger partial charge on any atom is -0.427 e. The third-order valence-corrected chi connectivity index (χ3v) is 9.37. The van der Waals surface area contributed by atoms with Crippen LogP contribution in [0.2, 0.25) is 5.02 Å². The van der Waals surface area contributed by atoms with Crippen molar-refractivity contribution in [3.63, 3.8) is 0 Å². The van der Waals surface area contributed by atoms with Gasteiger partial charge < -0.3 is 9.64 Å². The Morgan fingerprint density at radius 2 is 1.64 bits per heavy atom. The van der Waals surface area contributed by atoms with Crippen molar-refractivity contribution in [1.29, 1.82) is 0 Å². The van der Waals surface area contributed by atoms with Crippen LogP contribution in [0.25, 0.3) is 0 Å². The number of carbonyl (C=O) groups is 4. The number of carbonyl (C=O) groups excluding carboxylic acids is 4. The van der Waals surface area contributed by atoms with Crippen molar-refractivity contribution in [3.05, 3.63) is 59.1 Å². The van der Waals surface area contributed by atoms with Crippen LogP contribution in [0.3, 0.4) is 0 Å². The van der Waals surface area contributed by atoms with Gasteiger partial charge in [-0.2, -0.15) is 0 Å². The van der Waals surface area contributed by atoms with Gasteiger partial charge in [-0.1, -0.05) is 23.7 Å². The highest BCUT2D eigenvalue weighted by Crippen LogP contribution is 2.60. The van der Waals surface area contributed by atoms with Crippen LogP contribution in [0, 0.1) is 23.2 Å². The van der Waals surface area contributed by atoms with E-state index in [9.17, 15) is 19.2 Å². The van der Waals surface area contributed by atoms with Crippen molar-refractivity contribution in [2.24, 2.45) is 23.2 Å². The molecule has 3 amide bonds. The zero-order valence-electron chi connectivity index (χ0n) is 22.1. The van der Waals surface area contributed by atoms with Crippen molar-refractivity contribution in [1.82, 2.24) is 4.90 Å². The maximum atomic E-state index is 14.5. The second-order valence-electron chi connectivity index (χ2n) is 12.0. The highest BCUT2D eigenvalue weighted by molar-refractivity contribution is 6.30. The molecule has 7 nitrogen and oxygen atoms in total. The molecule has 4 aliphatic carbocycles. The summed E-state index contributed by atoms with van der Waals surface area (Å²) in [5.41, 5.74) is 0.965. The Morgan fingerprint density at radius 3 is 2.23 bits per heavy atom. The summed E-state index contributed by atoms with van der Waals surface area (Å²) in [6.07, 6.45) is 6.82. The molecule has 0 radical (unpaired) electrons. The zero-order valence-corrected chi connectivity index (χ0v) is 22.9. The van der Waals surface area contributed by atoms with Crippen LogP contribution in [-0.2, 0) is 25.6 Å². The van der Waals surface area contributed by atoms with Gasteiger partial charge >= 0.3 is 5.97 Å². The van der Waals surface area contributed by atoms with E-state index in [-0.39, 0.29) is 24.1 Å². The van der Waals surface area contributed by atoms with Crippen molar-refractivity contribution >= 4 is 41.0 Å². The predicted octanol–water partition coefficient (Wildman–Crippen LogP) is 5.18. The van der Waals surface area contributed by atoms with Gasteiger partial charge in [0.15, 0.2) is 0 Å². The van der Waals surface area contributed by atoms with E-state index in [1.54, 1.807) is 29.2 Å². The van der Waals surface area contributed by atoms with Gasteiger partial charge in [-0.15, -0.1) is 0 Å². The Balaban J connectivity index is 1.28. The molecule has 2 aromatic rings. The SMILES string of the molecule is CC(=O)Oc1ccc(N2C(=O)CC(N(CCc3cccc(Cl)c3)C(=O)C34CC5CC(CC(C5)C3)C4)C2=O)cc1. The molecular formula is C31H33ClN2O5. The zero-order chi connectivity index (χ0) is 27.3. The van der Waals surface area contributed by atoms with Gasteiger partial charge in [-0.3, -0.25) is 19.2 Å². The fourth-order valence-corrected chi connectivity index (χ4v) is 8.19. The van der Waals surface area contributed by atoms with E-state index < -0.39 is 17.4 Å². The molecule has 1 heterocycles. The summed E-state index contributed by atoms with van der Waals surface area (Å²) < 4.78 is 5.09. The van der Waals surface area contributed by atoms with Crippen LogP contribution in [0.1, 0.15) is 57.4 Å². The molecule has 39 heavy (non-hydrogen) atoms. The number of esters is 1. The number of ether oxygens (including phenoxy) is 1.